The molecule has 2 N–H and O–H groups in total. The second-order valence-corrected chi connectivity index (χ2v) is 5.08. The van der Waals surface area contributed by atoms with Gasteiger partial charge in [-0.1, -0.05) is 6.92 Å². The molecule has 7 nitrogen and oxygen atoms in total. The summed E-state index contributed by atoms with van der Waals surface area (Å²) in [5, 5.41) is 4.07. The van der Waals surface area contributed by atoms with Crippen LogP contribution in [0.1, 0.15) is 24.3 Å². The molecule has 0 aromatic carbocycles. The molecule has 2 rings (SSSR count). The van der Waals surface area contributed by atoms with E-state index in [9.17, 15) is 9.59 Å². The van der Waals surface area contributed by atoms with Crippen molar-refractivity contribution in [3.05, 3.63) is 11.9 Å². The summed E-state index contributed by atoms with van der Waals surface area (Å²) in [6, 6.07) is 0. The van der Waals surface area contributed by atoms with Crippen molar-refractivity contribution < 1.29 is 14.3 Å². The zero-order valence-corrected chi connectivity index (χ0v) is 12.0. The van der Waals surface area contributed by atoms with Crippen molar-refractivity contribution >= 4 is 17.6 Å². The Labute approximate surface area is 117 Å². The summed E-state index contributed by atoms with van der Waals surface area (Å²) in [5.41, 5.74) is 6.58. The maximum Gasteiger partial charge on any atom is 0.310 e. The third-order valence-corrected chi connectivity index (χ3v) is 3.77. The predicted octanol–water partition coefficient (Wildman–Crippen LogP) is 0.366. The average Bonchev–Trinajstić information content (AvgIpc) is 3.00. The zero-order chi connectivity index (χ0) is 14.9. The van der Waals surface area contributed by atoms with Crippen LogP contribution in [-0.4, -0.2) is 46.8 Å². The highest BCUT2D eigenvalue weighted by Crippen LogP contribution is 2.26. The summed E-state index contributed by atoms with van der Waals surface area (Å²) in [6.07, 6.45) is 1.48. The van der Waals surface area contributed by atoms with Crippen molar-refractivity contribution in [2.45, 2.75) is 20.4 Å². The quantitative estimate of drug-likeness (QED) is 0.808. The lowest BCUT2D eigenvalue weighted by molar-refractivity contribution is -0.146. The van der Waals surface area contributed by atoms with E-state index in [1.165, 1.54) is 13.3 Å². The van der Waals surface area contributed by atoms with E-state index in [1.807, 2.05) is 13.8 Å². The van der Waals surface area contributed by atoms with E-state index in [4.69, 9.17) is 10.5 Å². The molecule has 1 aromatic rings. The first kappa shape index (κ1) is 14.4. The van der Waals surface area contributed by atoms with Crippen LogP contribution in [0.15, 0.2) is 6.20 Å². The molecule has 20 heavy (non-hydrogen) atoms. The highest BCUT2D eigenvalue weighted by Gasteiger charge is 2.39. The molecule has 0 aliphatic carbocycles. The second kappa shape index (κ2) is 5.52. The third-order valence-electron chi connectivity index (χ3n) is 3.77. The van der Waals surface area contributed by atoms with Gasteiger partial charge in [0.1, 0.15) is 5.69 Å². The van der Waals surface area contributed by atoms with Crippen molar-refractivity contribution in [2.24, 2.45) is 11.8 Å². The molecule has 2 unspecified atom stereocenters. The van der Waals surface area contributed by atoms with Crippen LogP contribution < -0.4 is 5.73 Å². The molecule has 1 aromatic heterocycles. The number of methoxy groups -OCH3 is 1. The Hall–Kier alpha value is -2.05. The Balaban J connectivity index is 2.19. The lowest BCUT2D eigenvalue weighted by Gasteiger charge is -2.17. The average molecular weight is 280 g/mol. The Kier molecular flexibility index (Phi) is 3.96. The molecule has 2 heterocycles. The van der Waals surface area contributed by atoms with Crippen molar-refractivity contribution in [3.63, 3.8) is 0 Å². The molecule has 0 saturated carbocycles. The van der Waals surface area contributed by atoms with Crippen LogP contribution in [0.3, 0.4) is 0 Å². The Morgan fingerprint density at radius 1 is 1.50 bits per heavy atom. The highest BCUT2D eigenvalue weighted by atomic mass is 16.5. The summed E-state index contributed by atoms with van der Waals surface area (Å²) in [4.78, 5) is 25.9. The lowest BCUT2D eigenvalue weighted by Crippen LogP contribution is -2.32. The fourth-order valence-electron chi connectivity index (χ4n) is 2.61. The number of hydrogen-bond acceptors (Lipinski definition) is 5. The number of carbonyl (C=O) groups is 2. The number of hydrogen-bond donors (Lipinski definition) is 1. The SMILES string of the molecule is CCn1ncc(N)c1C(=O)N1CC(C)C(C(=O)OC)C1. The number of likely N-dealkylation sites (tertiary alicyclic amines) is 1. The molecule has 110 valence electrons. The minimum Gasteiger partial charge on any atom is -0.469 e. The van der Waals surface area contributed by atoms with Gasteiger partial charge in [0.15, 0.2) is 0 Å². The summed E-state index contributed by atoms with van der Waals surface area (Å²) < 4.78 is 6.35. The molecule has 1 aliphatic heterocycles. The first-order valence-electron chi connectivity index (χ1n) is 6.68. The highest BCUT2D eigenvalue weighted by molar-refractivity contribution is 5.97. The predicted molar refractivity (Wildman–Crippen MR) is 72.9 cm³/mol. The number of aromatic nitrogens is 2. The number of ether oxygens (including phenoxy) is 1. The van der Waals surface area contributed by atoms with Crippen LogP contribution in [0.25, 0.3) is 0 Å². The van der Waals surface area contributed by atoms with Gasteiger partial charge in [-0.2, -0.15) is 5.10 Å². The summed E-state index contributed by atoms with van der Waals surface area (Å²) in [5.74, 6) is -0.654. The van der Waals surface area contributed by atoms with Crippen LogP contribution in [0, 0.1) is 11.8 Å². The second-order valence-electron chi connectivity index (χ2n) is 5.08. The normalized spacial score (nSPS) is 22.1. The number of nitrogens with zero attached hydrogens (tertiary/aromatic N) is 3. The Bertz CT molecular complexity index is 526. The molecule has 1 fully saturated rings. The molecule has 1 aliphatic rings. The van der Waals surface area contributed by atoms with Gasteiger partial charge in [-0.3, -0.25) is 14.3 Å². The van der Waals surface area contributed by atoms with Gasteiger partial charge >= 0.3 is 5.97 Å². The van der Waals surface area contributed by atoms with E-state index in [2.05, 4.69) is 5.10 Å². The lowest BCUT2D eigenvalue weighted by atomic mass is 9.99. The molecule has 2 atom stereocenters. The first-order chi connectivity index (χ1) is 9.49. The summed E-state index contributed by atoms with van der Waals surface area (Å²) >= 11 is 0. The summed E-state index contributed by atoms with van der Waals surface area (Å²) in [7, 11) is 1.36. The standard InChI is InChI=1S/C13H20N4O3/c1-4-17-11(10(14)5-15-17)12(18)16-6-8(2)9(7-16)13(19)20-3/h5,8-9H,4,6-7,14H2,1-3H3. The molecule has 1 saturated heterocycles. The Morgan fingerprint density at radius 2 is 2.20 bits per heavy atom. The molecule has 0 bridgehead atoms. The molecule has 0 spiro atoms. The zero-order valence-electron chi connectivity index (χ0n) is 12.0. The van der Waals surface area contributed by atoms with Gasteiger partial charge in [0.25, 0.3) is 5.91 Å². The van der Waals surface area contributed by atoms with Gasteiger partial charge in [0, 0.05) is 19.6 Å². The van der Waals surface area contributed by atoms with E-state index in [0.717, 1.165) is 0 Å². The van der Waals surface area contributed by atoms with E-state index in [1.54, 1.807) is 9.58 Å². The van der Waals surface area contributed by atoms with E-state index in [0.29, 0.717) is 31.0 Å². The van der Waals surface area contributed by atoms with Crippen LogP contribution in [0.5, 0.6) is 0 Å². The number of amides is 1. The molecular weight excluding hydrogens is 260 g/mol. The minimum absolute atomic E-state index is 0.0747. The van der Waals surface area contributed by atoms with Crippen LogP contribution in [0.4, 0.5) is 5.69 Å². The smallest absolute Gasteiger partial charge is 0.310 e. The van der Waals surface area contributed by atoms with Gasteiger partial charge in [-0.25, -0.2) is 0 Å². The monoisotopic (exact) mass is 280 g/mol. The number of nitrogen functional groups attached to an aromatic ring is 1. The van der Waals surface area contributed by atoms with Gasteiger partial charge in [-0.05, 0) is 12.8 Å². The fraction of sp³-hybridized carbons (Fsp3) is 0.615. The molecule has 1 amide bonds. The van der Waals surface area contributed by atoms with E-state index in [-0.39, 0.29) is 23.7 Å². The van der Waals surface area contributed by atoms with Crippen LogP contribution >= 0.6 is 0 Å². The number of rotatable bonds is 3. The minimum atomic E-state index is -0.275. The number of esters is 1. The topological polar surface area (TPSA) is 90.5 Å². The number of carbonyl (C=O) groups excluding carboxylic acids is 2. The van der Waals surface area contributed by atoms with Crippen molar-refractivity contribution in [1.29, 1.82) is 0 Å². The Morgan fingerprint density at radius 3 is 2.80 bits per heavy atom. The number of nitrogens with two attached hydrogens (primary N) is 1. The van der Waals surface area contributed by atoms with Crippen molar-refractivity contribution in [1.82, 2.24) is 14.7 Å². The van der Waals surface area contributed by atoms with E-state index >= 15 is 0 Å². The number of aryl methyl sites for hydroxylation is 1. The van der Waals surface area contributed by atoms with Crippen LogP contribution in [0.2, 0.25) is 0 Å². The number of anilines is 1. The molecule has 0 radical (unpaired) electrons. The van der Waals surface area contributed by atoms with Gasteiger partial charge in [0.2, 0.25) is 0 Å². The third kappa shape index (κ3) is 2.35. The van der Waals surface area contributed by atoms with Crippen LogP contribution in [-0.2, 0) is 16.1 Å². The first-order valence-corrected chi connectivity index (χ1v) is 6.68. The molecule has 7 heteroatoms. The van der Waals surface area contributed by atoms with Crippen molar-refractivity contribution in [2.75, 3.05) is 25.9 Å². The van der Waals surface area contributed by atoms with Crippen molar-refractivity contribution in [3.8, 4) is 0 Å². The maximum absolute atomic E-state index is 12.5. The molecular formula is C13H20N4O3. The summed E-state index contributed by atoms with van der Waals surface area (Å²) in [6.45, 7) is 5.29. The van der Waals surface area contributed by atoms with Gasteiger partial charge in [0.05, 0.1) is 24.9 Å². The maximum atomic E-state index is 12.5. The fourth-order valence-corrected chi connectivity index (χ4v) is 2.61. The van der Waals surface area contributed by atoms with E-state index < -0.39 is 0 Å². The van der Waals surface area contributed by atoms with Gasteiger partial charge < -0.3 is 15.4 Å². The van der Waals surface area contributed by atoms with Gasteiger partial charge in [-0.15, -0.1) is 0 Å². The largest absolute Gasteiger partial charge is 0.469 e.